The van der Waals surface area contributed by atoms with E-state index in [1.807, 2.05) is 0 Å². The Bertz CT molecular complexity index is 322. The van der Waals surface area contributed by atoms with Gasteiger partial charge in [0.2, 0.25) is 0 Å². The fraction of sp³-hybridized carbons (Fsp3) is 1.00. The zero-order valence-electron chi connectivity index (χ0n) is 7.09. The van der Waals surface area contributed by atoms with Gasteiger partial charge in [0, 0.05) is 0 Å². The highest BCUT2D eigenvalue weighted by atomic mass is 32.3. The van der Waals surface area contributed by atoms with Crippen LogP contribution in [0.2, 0.25) is 0 Å². The van der Waals surface area contributed by atoms with E-state index in [0.29, 0.717) is 5.01 Å². The second-order valence-electron chi connectivity index (χ2n) is 2.40. The molecule has 0 spiro atoms. The first-order valence-corrected chi connectivity index (χ1v) is 4.77. The Hall–Kier alpha value is -1.53. The number of hydrogen-bond acceptors (Lipinski definition) is 6. The average Bonchev–Trinajstić information content (AvgIpc) is 1.74. The van der Waals surface area contributed by atoms with Gasteiger partial charge in [-0.05, 0) is 0 Å². The van der Waals surface area contributed by atoms with Crippen molar-refractivity contribution < 1.29 is 27.5 Å². The van der Waals surface area contributed by atoms with Gasteiger partial charge in [0.25, 0.3) is 0 Å². The van der Waals surface area contributed by atoms with Gasteiger partial charge >= 0.3 is 16.6 Å². The molecule has 1 fully saturated rings. The maximum atomic E-state index is 9.96. The van der Waals surface area contributed by atoms with Crippen molar-refractivity contribution in [3.05, 3.63) is 20.2 Å². The zero-order valence-corrected chi connectivity index (χ0v) is 7.90. The molecule has 2 N–H and O–H groups in total. The molecule has 15 heavy (non-hydrogen) atoms. The van der Waals surface area contributed by atoms with Gasteiger partial charge in [-0.3, -0.25) is 19.2 Å². The minimum absolute atomic E-state index is 0.179. The van der Waals surface area contributed by atoms with Crippen molar-refractivity contribution in [2.24, 2.45) is 0 Å². The van der Waals surface area contributed by atoms with Crippen LogP contribution in [0, 0.1) is 20.2 Å². The lowest BCUT2D eigenvalue weighted by Crippen LogP contribution is -2.54. The highest BCUT2D eigenvalue weighted by molar-refractivity contribution is 7.79. The summed E-state index contributed by atoms with van der Waals surface area (Å²) in [6, 6.07) is 0. The van der Waals surface area contributed by atoms with E-state index < -0.39 is 26.5 Å². The third kappa shape index (κ3) is 5.71. The topological polar surface area (TPSA) is 164 Å². The fourth-order valence-electron chi connectivity index (χ4n) is 0.765. The molecular formula is C3H7N3O8S. The van der Waals surface area contributed by atoms with Gasteiger partial charge in [-0.25, -0.2) is 10.1 Å². The minimum Gasteiger partial charge on any atom is -0.264 e. The van der Waals surface area contributed by atoms with Crippen LogP contribution in [0.15, 0.2) is 0 Å². The first kappa shape index (κ1) is 13.5. The third-order valence-corrected chi connectivity index (χ3v) is 1.41. The van der Waals surface area contributed by atoms with Crippen molar-refractivity contribution in [1.82, 2.24) is 5.01 Å². The van der Waals surface area contributed by atoms with Crippen molar-refractivity contribution in [1.29, 1.82) is 0 Å². The summed E-state index contributed by atoms with van der Waals surface area (Å²) < 4.78 is 31.6. The fourth-order valence-corrected chi connectivity index (χ4v) is 0.765. The van der Waals surface area contributed by atoms with Crippen LogP contribution in [0.4, 0.5) is 0 Å². The Morgan fingerprint density at radius 1 is 1.27 bits per heavy atom. The van der Waals surface area contributed by atoms with Crippen LogP contribution in [-0.2, 0) is 10.4 Å². The molecule has 0 radical (unpaired) electrons. The lowest BCUT2D eigenvalue weighted by atomic mass is 10.2. The van der Waals surface area contributed by atoms with Crippen LogP contribution in [0.5, 0.6) is 0 Å². The molecule has 1 unspecified atom stereocenters. The van der Waals surface area contributed by atoms with Gasteiger partial charge in [0.1, 0.15) is 0 Å². The molecule has 1 rings (SSSR count). The normalized spacial score (nSPS) is 19.6. The molecule has 0 aromatic rings. The van der Waals surface area contributed by atoms with E-state index in [0.717, 1.165) is 0 Å². The smallest absolute Gasteiger partial charge is 0.264 e. The molecule has 12 heteroatoms. The van der Waals surface area contributed by atoms with Crippen LogP contribution < -0.4 is 0 Å². The summed E-state index contributed by atoms with van der Waals surface area (Å²) in [6.45, 7) is 0.179. The molecule has 0 amide bonds. The number of rotatable bonds is 2. The Balaban J connectivity index is 0.000000336. The maximum absolute atomic E-state index is 9.96. The lowest BCUT2D eigenvalue weighted by molar-refractivity contribution is -0.754. The predicted molar refractivity (Wildman–Crippen MR) is 43.3 cm³/mol. The average molecular weight is 245 g/mol. The third-order valence-electron chi connectivity index (χ3n) is 1.41. The van der Waals surface area contributed by atoms with Gasteiger partial charge in [-0.2, -0.15) is 8.42 Å². The Kier molecular flexibility index (Phi) is 4.32. The first-order chi connectivity index (χ1) is 6.63. The molecule has 88 valence electrons. The van der Waals surface area contributed by atoms with E-state index in [1.54, 1.807) is 0 Å². The summed E-state index contributed by atoms with van der Waals surface area (Å²) in [5, 5.41) is 19.8. The van der Waals surface area contributed by atoms with Crippen LogP contribution in [0.3, 0.4) is 0 Å². The molecule has 0 aliphatic carbocycles. The quantitative estimate of drug-likeness (QED) is 0.346. The molecule has 1 atom stereocenters. The molecule has 1 aliphatic heterocycles. The van der Waals surface area contributed by atoms with Crippen LogP contribution >= 0.6 is 0 Å². The molecular weight excluding hydrogens is 238 g/mol. The summed E-state index contributed by atoms with van der Waals surface area (Å²) >= 11 is 0. The summed E-state index contributed by atoms with van der Waals surface area (Å²) in [5.74, 6) is 0. The number of nitro groups is 2. The zero-order chi connectivity index (χ0) is 12.2. The van der Waals surface area contributed by atoms with E-state index in [4.69, 9.17) is 17.5 Å². The highest BCUT2D eigenvalue weighted by Gasteiger charge is 2.45. The largest absolute Gasteiger partial charge is 0.394 e. The number of nitrogens with zero attached hydrogens (tertiary/aromatic N) is 3. The van der Waals surface area contributed by atoms with E-state index in [1.165, 1.54) is 0 Å². The second-order valence-corrected chi connectivity index (χ2v) is 3.30. The number of hydrazine groups is 1. The SMILES string of the molecule is O=S(=O)(O)O.O=[N+]([O-])C1CCN1[N+](=O)[O-]. The lowest BCUT2D eigenvalue weighted by Gasteiger charge is -2.25. The van der Waals surface area contributed by atoms with E-state index in [9.17, 15) is 20.2 Å². The molecule has 1 aliphatic rings. The van der Waals surface area contributed by atoms with E-state index >= 15 is 0 Å². The standard InChI is InChI=1S/C3H5N3O4.H2O4S/c7-5(8)3-1-2-4(3)6(9)10;1-5(2,3)4/h3H,1-2H2;(H2,1,2,3,4). The maximum Gasteiger partial charge on any atom is 0.394 e. The molecule has 0 saturated carbocycles. The van der Waals surface area contributed by atoms with Gasteiger partial charge in [-0.1, -0.05) is 5.01 Å². The van der Waals surface area contributed by atoms with Gasteiger partial charge in [0.05, 0.1) is 17.9 Å². The van der Waals surface area contributed by atoms with Crippen LogP contribution in [0.25, 0.3) is 0 Å². The Labute approximate surface area is 83.1 Å². The first-order valence-electron chi connectivity index (χ1n) is 3.37. The van der Waals surface area contributed by atoms with Crippen molar-refractivity contribution in [2.75, 3.05) is 6.54 Å². The van der Waals surface area contributed by atoms with Crippen molar-refractivity contribution in [3.63, 3.8) is 0 Å². The second kappa shape index (κ2) is 4.81. The molecule has 11 nitrogen and oxygen atoms in total. The number of hydrogen-bond donors (Lipinski definition) is 2. The van der Waals surface area contributed by atoms with Crippen LogP contribution in [0.1, 0.15) is 6.42 Å². The van der Waals surface area contributed by atoms with Gasteiger partial charge in [-0.15, -0.1) is 0 Å². The molecule has 1 saturated heterocycles. The van der Waals surface area contributed by atoms with Gasteiger partial charge < -0.3 is 0 Å². The van der Waals surface area contributed by atoms with Crippen molar-refractivity contribution in [3.8, 4) is 0 Å². The molecule has 0 aromatic heterocycles. The summed E-state index contributed by atoms with van der Waals surface area (Å²) in [6.07, 6.45) is -0.830. The minimum atomic E-state index is -4.67. The summed E-state index contributed by atoms with van der Waals surface area (Å²) in [5.41, 5.74) is 0. The Morgan fingerprint density at radius 2 is 1.67 bits per heavy atom. The van der Waals surface area contributed by atoms with Gasteiger partial charge in [0.15, 0.2) is 5.03 Å². The van der Waals surface area contributed by atoms with Crippen molar-refractivity contribution >= 4 is 10.4 Å². The van der Waals surface area contributed by atoms with E-state index in [2.05, 4.69) is 0 Å². The summed E-state index contributed by atoms with van der Waals surface area (Å²) in [7, 11) is -4.67. The molecule has 1 heterocycles. The molecule has 0 bridgehead atoms. The van der Waals surface area contributed by atoms with Crippen molar-refractivity contribution in [2.45, 2.75) is 12.6 Å². The highest BCUT2D eigenvalue weighted by Crippen LogP contribution is 2.16. The molecule has 0 aromatic carbocycles. The summed E-state index contributed by atoms with van der Waals surface area (Å²) in [4.78, 5) is 19.2. The Morgan fingerprint density at radius 3 is 1.73 bits per heavy atom. The predicted octanol–water partition coefficient (Wildman–Crippen LogP) is -1.17. The van der Waals surface area contributed by atoms with E-state index in [-0.39, 0.29) is 13.0 Å². The van der Waals surface area contributed by atoms with Crippen LogP contribution in [-0.4, -0.2) is 45.2 Å². The monoisotopic (exact) mass is 245 g/mol.